The number of nitrogens with one attached hydrogen (secondary N) is 2. The van der Waals surface area contributed by atoms with Crippen LogP contribution in [0.2, 0.25) is 0 Å². The Morgan fingerprint density at radius 2 is 2.18 bits per heavy atom. The molecule has 1 amide bonds. The van der Waals surface area contributed by atoms with Crippen LogP contribution in [0.3, 0.4) is 0 Å². The van der Waals surface area contributed by atoms with E-state index in [1.54, 1.807) is 32.1 Å². The summed E-state index contributed by atoms with van der Waals surface area (Å²) in [4.78, 5) is 22.7. The summed E-state index contributed by atoms with van der Waals surface area (Å²) in [5, 5.41) is 20.7. The highest BCUT2D eigenvalue weighted by Crippen LogP contribution is 2.41. The Morgan fingerprint density at radius 3 is 2.88 bits per heavy atom. The third kappa shape index (κ3) is 4.43. The van der Waals surface area contributed by atoms with Crippen molar-refractivity contribution in [2.75, 3.05) is 45.0 Å². The first-order chi connectivity index (χ1) is 16.2. The number of hydrogen-bond acceptors (Lipinski definition) is 8. The number of anilines is 3. The largest absolute Gasteiger partial charge is 0.384 e. The number of carbonyl (C=O) groups is 1. The van der Waals surface area contributed by atoms with Crippen molar-refractivity contribution in [3.63, 3.8) is 0 Å². The van der Waals surface area contributed by atoms with E-state index in [0.717, 1.165) is 22.5 Å². The summed E-state index contributed by atoms with van der Waals surface area (Å²) in [6, 6.07) is 9.84. The minimum atomic E-state index is -0.247. The van der Waals surface area contributed by atoms with Gasteiger partial charge in [-0.3, -0.25) is 4.79 Å². The molecular formula is C24H28N8O2. The summed E-state index contributed by atoms with van der Waals surface area (Å²) in [5.41, 5.74) is 4.47. The predicted molar refractivity (Wildman–Crippen MR) is 129 cm³/mol. The van der Waals surface area contributed by atoms with Crippen molar-refractivity contribution in [3.8, 4) is 17.3 Å². The number of fused-ring (bicyclic) bond motifs is 1. The molecule has 1 atom stereocenters. The summed E-state index contributed by atoms with van der Waals surface area (Å²) in [6.45, 7) is 5.31. The van der Waals surface area contributed by atoms with Crippen LogP contribution in [0.25, 0.3) is 11.3 Å². The molecule has 1 aliphatic heterocycles. The van der Waals surface area contributed by atoms with Crippen LogP contribution < -0.4 is 10.6 Å². The number of aromatic nitrogens is 4. The monoisotopic (exact) mass is 460 g/mol. The highest BCUT2D eigenvalue weighted by atomic mass is 16.5. The van der Waals surface area contributed by atoms with E-state index in [9.17, 15) is 10.1 Å². The Bertz CT molecular complexity index is 1280. The molecule has 0 spiro atoms. The Kier molecular flexibility index (Phi) is 6.22. The predicted octanol–water partition coefficient (Wildman–Crippen LogP) is 2.68. The maximum Gasteiger partial charge on any atom is 0.243 e. The van der Waals surface area contributed by atoms with Gasteiger partial charge in [0.05, 0.1) is 29.2 Å². The summed E-state index contributed by atoms with van der Waals surface area (Å²) in [5.74, 6) is 0.914. The summed E-state index contributed by atoms with van der Waals surface area (Å²) >= 11 is 0. The highest BCUT2D eigenvalue weighted by molar-refractivity contribution is 5.77. The lowest BCUT2D eigenvalue weighted by Gasteiger charge is -2.23. The molecule has 2 N–H and O–H groups in total. The Labute approximate surface area is 198 Å². The van der Waals surface area contributed by atoms with Crippen molar-refractivity contribution in [1.82, 2.24) is 24.6 Å². The molecule has 10 heteroatoms. The van der Waals surface area contributed by atoms with Crippen molar-refractivity contribution < 1.29 is 9.53 Å². The number of nitriles is 1. The molecular weight excluding hydrogens is 432 g/mol. The molecule has 0 bridgehead atoms. The second-order valence-corrected chi connectivity index (χ2v) is 8.91. The summed E-state index contributed by atoms with van der Waals surface area (Å²) in [7, 11) is 5.09. The van der Waals surface area contributed by atoms with Gasteiger partial charge in [-0.25, -0.2) is 14.6 Å². The van der Waals surface area contributed by atoms with Crippen molar-refractivity contribution in [2.45, 2.75) is 25.8 Å². The lowest BCUT2D eigenvalue weighted by molar-refractivity contribution is -0.129. The van der Waals surface area contributed by atoms with Crippen LogP contribution in [0.15, 0.2) is 30.5 Å². The molecule has 0 saturated heterocycles. The first-order valence-electron chi connectivity index (χ1n) is 10.9. The van der Waals surface area contributed by atoms with E-state index in [4.69, 9.17) is 4.74 Å². The van der Waals surface area contributed by atoms with Gasteiger partial charge in [-0.05, 0) is 30.7 Å². The van der Waals surface area contributed by atoms with Crippen LogP contribution in [0.4, 0.5) is 17.5 Å². The smallest absolute Gasteiger partial charge is 0.243 e. The fourth-order valence-electron chi connectivity index (χ4n) is 4.10. The molecule has 3 heterocycles. The normalized spacial score (nSPS) is 16.5. The molecule has 176 valence electrons. The van der Waals surface area contributed by atoms with Crippen LogP contribution in [-0.4, -0.2) is 64.9 Å². The zero-order valence-electron chi connectivity index (χ0n) is 20.0. The minimum Gasteiger partial charge on any atom is -0.384 e. The molecule has 0 fully saturated rings. The van der Waals surface area contributed by atoms with Gasteiger partial charge < -0.3 is 20.3 Å². The standard InChI is InChI=1S/C24H28N8O2/c1-15-8-20(32(30-15)12-21(33)31(3)4)29-23-26-7-6-19(28-23)16-9-17(11-25)22-18(10-16)24(2,13-27-22)14-34-5/h6-10,27H,12-14H2,1-5H3,(H,26,28,29)/t24-/m1/s1. The number of hydrogen-bond donors (Lipinski definition) is 2. The zero-order valence-corrected chi connectivity index (χ0v) is 20.0. The van der Waals surface area contributed by atoms with E-state index in [1.807, 2.05) is 25.1 Å². The molecule has 2 aromatic heterocycles. The highest BCUT2D eigenvalue weighted by Gasteiger charge is 2.36. The third-order valence-corrected chi connectivity index (χ3v) is 5.90. The molecule has 1 aliphatic rings. The van der Waals surface area contributed by atoms with Gasteiger partial charge in [0.1, 0.15) is 18.4 Å². The van der Waals surface area contributed by atoms with Crippen molar-refractivity contribution in [3.05, 3.63) is 47.3 Å². The van der Waals surface area contributed by atoms with Crippen molar-refractivity contribution >= 4 is 23.4 Å². The quantitative estimate of drug-likeness (QED) is 0.552. The third-order valence-electron chi connectivity index (χ3n) is 5.90. The van der Waals surface area contributed by atoms with E-state index in [0.29, 0.717) is 36.2 Å². The van der Waals surface area contributed by atoms with Gasteiger partial charge in [-0.1, -0.05) is 6.92 Å². The lowest BCUT2D eigenvalue weighted by atomic mass is 9.83. The fourth-order valence-corrected chi connectivity index (χ4v) is 4.10. The maximum atomic E-state index is 12.2. The maximum absolute atomic E-state index is 12.2. The van der Waals surface area contributed by atoms with Crippen LogP contribution in [0, 0.1) is 18.3 Å². The van der Waals surface area contributed by atoms with E-state index >= 15 is 0 Å². The van der Waals surface area contributed by atoms with Gasteiger partial charge >= 0.3 is 0 Å². The number of rotatable bonds is 7. The number of ether oxygens (including phenoxy) is 1. The molecule has 10 nitrogen and oxygen atoms in total. The average molecular weight is 461 g/mol. The second-order valence-electron chi connectivity index (χ2n) is 8.91. The van der Waals surface area contributed by atoms with E-state index < -0.39 is 0 Å². The van der Waals surface area contributed by atoms with Gasteiger partial charge in [0.25, 0.3) is 0 Å². The molecule has 0 radical (unpaired) electrons. The number of carbonyl (C=O) groups excluding carboxylic acids is 1. The minimum absolute atomic E-state index is 0.0734. The van der Waals surface area contributed by atoms with Crippen LogP contribution in [-0.2, 0) is 21.5 Å². The van der Waals surface area contributed by atoms with Crippen LogP contribution in [0.5, 0.6) is 0 Å². The molecule has 0 unspecified atom stereocenters. The van der Waals surface area contributed by atoms with Gasteiger partial charge in [-0.15, -0.1) is 0 Å². The molecule has 1 aromatic carbocycles. The van der Waals surface area contributed by atoms with Gasteiger partial charge in [-0.2, -0.15) is 10.4 Å². The van der Waals surface area contributed by atoms with Gasteiger partial charge in [0.15, 0.2) is 0 Å². The molecule has 0 saturated carbocycles. The Hall–Kier alpha value is -3.97. The number of amides is 1. The van der Waals surface area contributed by atoms with Gasteiger partial charge in [0, 0.05) is 51.0 Å². The van der Waals surface area contributed by atoms with E-state index in [-0.39, 0.29) is 17.9 Å². The number of nitrogens with zero attached hydrogens (tertiary/aromatic N) is 6. The Morgan fingerprint density at radius 1 is 1.38 bits per heavy atom. The van der Waals surface area contributed by atoms with E-state index in [2.05, 4.69) is 44.8 Å². The molecule has 0 aliphatic carbocycles. The number of benzene rings is 1. The second kappa shape index (κ2) is 9.11. The zero-order chi connectivity index (χ0) is 24.5. The number of methoxy groups -OCH3 is 1. The van der Waals surface area contributed by atoms with Crippen molar-refractivity contribution in [1.29, 1.82) is 5.26 Å². The average Bonchev–Trinajstić information content (AvgIpc) is 3.32. The van der Waals surface area contributed by atoms with E-state index in [1.165, 1.54) is 4.90 Å². The van der Waals surface area contributed by atoms with Gasteiger partial charge in [0.2, 0.25) is 11.9 Å². The first-order valence-corrected chi connectivity index (χ1v) is 10.9. The summed E-state index contributed by atoms with van der Waals surface area (Å²) in [6.07, 6.45) is 1.66. The van der Waals surface area contributed by atoms with Crippen LogP contribution in [0.1, 0.15) is 23.7 Å². The molecule has 34 heavy (non-hydrogen) atoms. The summed E-state index contributed by atoms with van der Waals surface area (Å²) < 4.78 is 7.05. The Balaban J connectivity index is 1.68. The molecule has 3 aromatic rings. The molecule has 4 rings (SSSR count). The number of aryl methyl sites for hydroxylation is 1. The first kappa shape index (κ1) is 23.2. The number of likely N-dealkylation sites (N-methyl/N-ethyl adjacent to an activating group) is 1. The lowest BCUT2D eigenvalue weighted by Crippen LogP contribution is -2.29. The van der Waals surface area contributed by atoms with Crippen LogP contribution >= 0.6 is 0 Å². The topological polar surface area (TPSA) is 121 Å². The fraction of sp³-hybridized carbons (Fsp3) is 0.375. The SMILES string of the molecule is COC[C@@]1(C)CNc2c(C#N)cc(-c3ccnc(Nc4cc(C)nn4CC(=O)N(C)C)n3)cc21. The van der Waals surface area contributed by atoms with Crippen molar-refractivity contribution in [2.24, 2.45) is 0 Å².